The standard InChI is InChI=1S/C16H13FN2O2S/c1-21-15(20)11-4-7-13-14(8-11)19-16(18-13)22-9-10-2-5-12(17)6-3-10/h2-8H,9H2,1H3,(H,18,19). The fourth-order valence-electron chi connectivity index (χ4n) is 2.03. The number of nitrogens with zero attached hydrogens (tertiary/aromatic N) is 1. The highest BCUT2D eigenvalue weighted by molar-refractivity contribution is 7.98. The third kappa shape index (κ3) is 3.12. The lowest BCUT2D eigenvalue weighted by Crippen LogP contribution is -2.00. The first kappa shape index (κ1) is 14.6. The summed E-state index contributed by atoms with van der Waals surface area (Å²) in [6, 6.07) is 11.6. The van der Waals surface area contributed by atoms with Crippen LogP contribution in [0.2, 0.25) is 0 Å². The number of aromatic amines is 1. The smallest absolute Gasteiger partial charge is 0.337 e. The minimum atomic E-state index is -0.378. The first-order chi connectivity index (χ1) is 10.7. The molecule has 3 rings (SSSR count). The van der Waals surface area contributed by atoms with Crippen LogP contribution < -0.4 is 0 Å². The Hall–Kier alpha value is -2.34. The number of hydrogen-bond donors (Lipinski definition) is 1. The van der Waals surface area contributed by atoms with Gasteiger partial charge in [-0.05, 0) is 35.9 Å². The van der Waals surface area contributed by atoms with Crippen molar-refractivity contribution in [2.45, 2.75) is 10.9 Å². The van der Waals surface area contributed by atoms with Gasteiger partial charge in [0.1, 0.15) is 5.82 Å². The SMILES string of the molecule is COC(=O)c1ccc2nc(SCc3ccc(F)cc3)[nH]c2c1. The summed E-state index contributed by atoms with van der Waals surface area (Å²) in [5, 5.41) is 0.751. The number of imidazole rings is 1. The molecule has 0 spiro atoms. The summed E-state index contributed by atoms with van der Waals surface area (Å²) >= 11 is 1.52. The lowest BCUT2D eigenvalue weighted by molar-refractivity contribution is 0.0601. The number of benzene rings is 2. The van der Waals surface area contributed by atoms with Gasteiger partial charge in [0.2, 0.25) is 0 Å². The lowest BCUT2D eigenvalue weighted by atomic mass is 10.2. The number of rotatable bonds is 4. The first-order valence-electron chi connectivity index (χ1n) is 6.61. The third-order valence-electron chi connectivity index (χ3n) is 3.17. The Kier molecular flexibility index (Phi) is 4.11. The topological polar surface area (TPSA) is 55.0 Å². The second-order valence-electron chi connectivity index (χ2n) is 4.68. The van der Waals surface area contributed by atoms with Crippen LogP contribution in [0.4, 0.5) is 4.39 Å². The highest BCUT2D eigenvalue weighted by atomic mass is 32.2. The van der Waals surface area contributed by atoms with Crippen molar-refractivity contribution in [3.05, 3.63) is 59.4 Å². The number of hydrogen-bond acceptors (Lipinski definition) is 4. The van der Waals surface area contributed by atoms with E-state index in [-0.39, 0.29) is 11.8 Å². The van der Waals surface area contributed by atoms with E-state index in [1.165, 1.54) is 31.0 Å². The molecule has 2 aromatic carbocycles. The Morgan fingerprint density at radius 2 is 2.05 bits per heavy atom. The molecule has 0 bridgehead atoms. The number of esters is 1. The second kappa shape index (κ2) is 6.19. The van der Waals surface area contributed by atoms with Crippen LogP contribution in [0.25, 0.3) is 11.0 Å². The molecule has 6 heteroatoms. The van der Waals surface area contributed by atoms with Crippen LogP contribution in [0.5, 0.6) is 0 Å². The van der Waals surface area contributed by atoms with Gasteiger partial charge in [-0.3, -0.25) is 0 Å². The van der Waals surface area contributed by atoms with Crippen molar-refractivity contribution in [2.24, 2.45) is 0 Å². The molecule has 4 nitrogen and oxygen atoms in total. The molecule has 0 aliphatic heterocycles. The summed E-state index contributed by atoms with van der Waals surface area (Å²) in [6.45, 7) is 0. The van der Waals surface area contributed by atoms with Gasteiger partial charge in [-0.1, -0.05) is 23.9 Å². The second-order valence-corrected chi connectivity index (χ2v) is 5.64. The fraction of sp³-hybridized carbons (Fsp3) is 0.125. The van der Waals surface area contributed by atoms with Crippen molar-refractivity contribution >= 4 is 28.8 Å². The third-order valence-corrected chi connectivity index (χ3v) is 4.11. The fourth-order valence-corrected chi connectivity index (χ4v) is 2.87. The number of carbonyl (C=O) groups is 1. The maximum Gasteiger partial charge on any atom is 0.337 e. The number of halogens is 1. The molecule has 112 valence electrons. The Bertz CT molecular complexity index is 815. The predicted octanol–water partition coefficient (Wildman–Crippen LogP) is 3.78. The van der Waals surface area contributed by atoms with Gasteiger partial charge in [0.25, 0.3) is 0 Å². The van der Waals surface area contributed by atoms with E-state index < -0.39 is 0 Å². The van der Waals surface area contributed by atoms with Gasteiger partial charge in [-0.2, -0.15) is 0 Å². The summed E-state index contributed by atoms with van der Waals surface area (Å²) in [4.78, 5) is 19.1. The highest BCUT2D eigenvalue weighted by Crippen LogP contribution is 2.24. The number of nitrogens with one attached hydrogen (secondary N) is 1. The summed E-state index contributed by atoms with van der Waals surface area (Å²) < 4.78 is 17.6. The lowest BCUT2D eigenvalue weighted by Gasteiger charge is -1.98. The zero-order chi connectivity index (χ0) is 15.5. The van der Waals surface area contributed by atoms with E-state index in [1.54, 1.807) is 30.3 Å². The molecule has 0 radical (unpaired) electrons. The number of ether oxygens (including phenoxy) is 1. The largest absolute Gasteiger partial charge is 0.465 e. The minimum Gasteiger partial charge on any atom is -0.465 e. The van der Waals surface area contributed by atoms with Gasteiger partial charge in [-0.15, -0.1) is 0 Å². The molecule has 1 aromatic heterocycles. The highest BCUT2D eigenvalue weighted by Gasteiger charge is 2.09. The monoisotopic (exact) mass is 316 g/mol. The maximum atomic E-state index is 12.9. The van der Waals surface area contributed by atoms with Crippen LogP contribution in [0, 0.1) is 5.82 Å². The summed E-state index contributed by atoms with van der Waals surface area (Å²) in [7, 11) is 1.35. The van der Waals surface area contributed by atoms with Crippen molar-refractivity contribution in [2.75, 3.05) is 7.11 Å². The molecular weight excluding hydrogens is 303 g/mol. The Morgan fingerprint density at radius 1 is 1.27 bits per heavy atom. The summed E-state index contributed by atoms with van der Waals surface area (Å²) in [5.41, 5.74) is 3.06. The van der Waals surface area contributed by atoms with Crippen molar-refractivity contribution in [1.82, 2.24) is 9.97 Å². The van der Waals surface area contributed by atoms with Crippen molar-refractivity contribution in [3.8, 4) is 0 Å². The van der Waals surface area contributed by atoms with Crippen LogP contribution in [0.1, 0.15) is 15.9 Å². The quantitative estimate of drug-likeness (QED) is 0.588. The predicted molar refractivity (Wildman–Crippen MR) is 83.4 cm³/mol. The van der Waals surface area contributed by atoms with Crippen molar-refractivity contribution < 1.29 is 13.9 Å². The van der Waals surface area contributed by atoms with E-state index in [9.17, 15) is 9.18 Å². The zero-order valence-corrected chi connectivity index (χ0v) is 12.6. The van der Waals surface area contributed by atoms with Gasteiger partial charge < -0.3 is 9.72 Å². The maximum absolute atomic E-state index is 12.9. The average molecular weight is 316 g/mol. The Balaban J connectivity index is 1.77. The molecule has 0 aliphatic rings. The molecule has 0 unspecified atom stereocenters. The molecular formula is C16H13FN2O2S. The van der Waals surface area contributed by atoms with E-state index in [0.717, 1.165) is 21.8 Å². The van der Waals surface area contributed by atoms with Crippen LogP contribution in [0.3, 0.4) is 0 Å². The van der Waals surface area contributed by atoms with E-state index in [1.807, 2.05) is 0 Å². The van der Waals surface area contributed by atoms with Crippen molar-refractivity contribution in [3.63, 3.8) is 0 Å². The summed E-state index contributed by atoms with van der Waals surface area (Å²) in [5.74, 6) is 0.0640. The zero-order valence-electron chi connectivity index (χ0n) is 11.8. The average Bonchev–Trinajstić information content (AvgIpc) is 2.95. The molecule has 0 fully saturated rings. The first-order valence-corrected chi connectivity index (χ1v) is 7.59. The number of methoxy groups -OCH3 is 1. The van der Waals surface area contributed by atoms with E-state index in [2.05, 4.69) is 9.97 Å². The van der Waals surface area contributed by atoms with Crippen molar-refractivity contribution in [1.29, 1.82) is 0 Å². The minimum absolute atomic E-state index is 0.243. The number of carbonyl (C=O) groups excluding carboxylic acids is 1. The number of fused-ring (bicyclic) bond motifs is 1. The van der Waals surface area contributed by atoms with Gasteiger partial charge in [0, 0.05) is 5.75 Å². The van der Waals surface area contributed by atoms with E-state index >= 15 is 0 Å². The van der Waals surface area contributed by atoms with Gasteiger partial charge in [0.05, 0.1) is 23.7 Å². The van der Waals surface area contributed by atoms with Crippen LogP contribution in [0.15, 0.2) is 47.6 Å². The molecule has 0 amide bonds. The van der Waals surface area contributed by atoms with Crippen LogP contribution in [-0.2, 0) is 10.5 Å². The summed E-state index contributed by atoms with van der Waals surface area (Å²) in [6.07, 6.45) is 0. The number of thioether (sulfide) groups is 1. The molecule has 0 atom stereocenters. The molecule has 1 heterocycles. The Labute approximate surface area is 130 Å². The molecule has 0 saturated heterocycles. The van der Waals surface area contributed by atoms with Crippen LogP contribution >= 0.6 is 11.8 Å². The number of aromatic nitrogens is 2. The Morgan fingerprint density at radius 3 is 2.77 bits per heavy atom. The molecule has 1 N–H and O–H groups in total. The van der Waals surface area contributed by atoms with Crippen LogP contribution in [-0.4, -0.2) is 23.0 Å². The molecule has 0 aliphatic carbocycles. The molecule has 0 saturated carbocycles. The molecule has 3 aromatic rings. The van der Waals surface area contributed by atoms with Gasteiger partial charge in [0.15, 0.2) is 5.16 Å². The van der Waals surface area contributed by atoms with E-state index in [4.69, 9.17) is 4.74 Å². The van der Waals surface area contributed by atoms with Gasteiger partial charge >= 0.3 is 5.97 Å². The van der Waals surface area contributed by atoms with Gasteiger partial charge in [-0.25, -0.2) is 14.2 Å². The normalized spacial score (nSPS) is 10.8. The van der Waals surface area contributed by atoms with E-state index in [0.29, 0.717) is 11.3 Å². The molecule has 22 heavy (non-hydrogen) atoms. The number of H-pyrrole nitrogens is 1.